The van der Waals surface area contributed by atoms with Gasteiger partial charge in [-0.1, -0.05) is 6.07 Å². The van der Waals surface area contributed by atoms with Gasteiger partial charge in [-0.3, -0.25) is 9.69 Å². The lowest BCUT2D eigenvalue weighted by atomic mass is 10.1. The third kappa shape index (κ3) is 5.98. The van der Waals surface area contributed by atoms with E-state index in [2.05, 4.69) is 35.1 Å². The van der Waals surface area contributed by atoms with Crippen LogP contribution in [0.15, 0.2) is 42.9 Å². The van der Waals surface area contributed by atoms with E-state index < -0.39 is 18.5 Å². The zero-order valence-electron chi connectivity index (χ0n) is 22.3. The summed E-state index contributed by atoms with van der Waals surface area (Å²) in [6.07, 6.45) is -2.71. The van der Waals surface area contributed by atoms with E-state index in [1.54, 1.807) is 13.3 Å². The summed E-state index contributed by atoms with van der Waals surface area (Å²) in [5.41, 5.74) is 4.85. The molecular weight excluding hydrogens is 525 g/mol. The Hall–Kier alpha value is -4.26. The first-order valence-corrected chi connectivity index (χ1v) is 12.8. The van der Waals surface area contributed by atoms with Crippen molar-refractivity contribution in [2.45, 2.75) is 32.5 Å². The summed E-state index contributed by atoms with van der Waals surface area (Å²) in [6.45, 7) is 5.38. The molecule has 0 aliphatic carbocycles. The molecule has 1 aromatic carbocycles. The van der Waals surface area contributed by atoms with E-state index >= 15 is 0 Å². The van der Waals surface area contributed by atoms with Crippen LogP contribution in [-0.2, 0) is 4.79 Å². The van der Waals surface area contributed by atoms with Crippen molar-refractivity contribution >= 4 is 28.7 Å². The molecule has 0 radical (unpaired) electrons. The van der Waals surface area contributed by atoms with Crippen molar-refractivity contribution in [1.29, 1.82) is 0 Å². The number of rotatable bonds is 7. The minimum atomic E-state index is -4.49. The normalized spacial score (nSPS) is 15.3. The molecule has 5 rings (SSSR count). The second-order valence-electron chi connectivity index (χ2n) is 9.64. The van der Waals surface area contributed by atoms with Crippen LogP contribution in [0, 0.1) is 6.92 Å². The second kappa shape index (κ2) is 11.1. The van der Waals surface area contributed by atoms with Crippen LogP contribution < -0.4 is 10.1 Å². The summed E-state index contributed by atoms with van der Waals surface area (Å²) < 4.78 is 43.3. The molecule has 0 saturated carbocycles. The van der Waals surface area contributed by atoms with Crippen LogP contribution in [-0.4, -0.2) is 80.1 Å². The summed E-state index contributed by atoms with van der Waals surface area (Å²) in [7, 11) is 1.59. The highest BCUT2D eigenvalue weighted by Crippen LogP contribution is 2.32. The Morgan fingerprint density at radius 1 is 1.12 bits per heavy atom. The number of carbonyl (C=O) groups excluding carboxylic acids is 1. The van der Waals surface area contributed by atoms with Crippen molar-refractivity contribution < 1.29 is 22.7 Å². The largest absolute Gasteiger partial charge is 0.493 e. The number of aromatic nitrogens is 5. The molecule has 0 bridgehead atoms. The minimum Gasteiger partial charge on any atom is -0.493 e. The molecule has 1 unspecified atom stereocenters. The number of hydrogen-bond acceptors (Lipinski definition) is 8. The number of methoxy groups -OCH3 is 1. The van der Waals surface area contributed by atoms with E-state index in [1.165, 1.54) is 11.2 Å². The maximum atomic E-state index is 12.6. The molecule has 10 nitrogen and oxygen atoms in total. The third-order valence-electron chi connectivity index (χ3n) is 7.02. The number of carbonyl (C=O) groups is 1. The Balaban J connectivity index is 1.26. The Morgan fingerprint density at radius 2 is 1.90 bits per heavy atom. The van der Waals surface area contributed by atoms with Crippen LogP contribution in [0.4, 0.5) is 24.9 Å². The standard InChI is InChI=1S/C27H29F3N8O2/c1-16-25(40-3)24(33-15-32-16)19-4-5-20-21(12-19)35-26(34-20)36-22-13-18(6-7-31-22)17(2)37-8-10-38(11-9-37)23(39)14-27(28,29)30/h4-7,12-13,15,17H,8-11,14H2,1-3H3,(H2,31,34,35,36). The van der Waals surface area contributed by atoms with Crippen LogP contribution in [0.25, 0.3) is 22.3 Å². The first-order chi connectivity index (χ1) is 19.1. The smallest absolute Gasteiger partial charge is 0.397 e. The van der Waals surface area contributed by atoms with Gasteiger partial charge in [0, 0.05) is 44.0 Å². The molecule has 4 heterocycles. The number of pyridine rings is 1. The maximum Gasteiger partial charge on any atom is 0.397 e. The Bertz CT molecular complexity index is 1520. The lowest BCUT2D eigenvalue weighted by molar-refractivity contribution is -0.162. The number of halogens is 3. The van der Waals surface area contributed by atoms with Crippen molar-refractivity contribution in [2.24, 2.45) is 0 Å². The van der Waals surface area contributed by atoms with Gasteiger partial charge in [-0.25, -0.2) is 19.9 Å². The fourth-order valence-corrected chi connectivity index (χ4v) is 4.88. The van der Waals surface area contributed by atoms with Crippen molar-refractivity contribution in [3.05, 3.63) is 54.1 Å². The number of anilines is 2. The molecule has 1 atom stereocenters. The topological polar surface area (TPSA) is 112 Å². The van der Waals surface area contributed by atoms with Gasteiger partial charge in [-0.15, -0.1) is 0 Å². The SMILES string of the molecule is COc1c(C)ncnc1-c1ccc2nc(Nc3cc(C(C)N4CCN(C(=O)CC(F)(F)F)CC4)ccn3)[nH]c2c1. The Labute approximate surface area is 228 Å². The van der Waals surface area contributed by atoms with Crippen molar-refractivity contribution in [3.8, 4) is 17.0 Å². The fourth-order valence-electron chi connectivity index (χ4n) is 4.88. The summed E-state index contributed by atoms with van der Waals surface area (Å²) >= 11 is 0. The fraction of sp³-hybridized carbons (Fsp3) is 0.370. The molecule has 1 fully saturated rings. The lowest BCUT2D eigenvalue weighted by Crippen LogP contribution is -2.50. The summed E-state index contributed by atoms with van der Waals surface area (Å²) in [5.74, 6) is 0.853. The van der Waals surface area contributed by atoms with E-state index in [0.29, 0.717) is 36.3 Å². The number of nitrogens with zero attached hydrogens (tertiary/aromatic N) is 6. The van der Waals surface area contributed by atoms with Gasteiger partial charge in [-0.05, 0) is 43.7 Å². The quantitative estimate of drug-likeness (QED) is 0.340. The van der Waals surface area contributed by atoms with Gasteiger partial charge in [0.05, 0.1) is 23.8 Å². The van der Waals surface area contributed by atoms with Gasteiger partial charge < -0.3 is 19.9 Å². The number of aromatic amines is 1. The first kappa shape index (κ1) is 27.3. The summed E-state index contributed by atoms with van der Waals surface area (Å²) in [5, 5.41) is 3.22. The van der Waals surface area contributed by atoms with Gasteiger partial charge in [0.2, 0.25) is 11.9 Å². The molecular formula is C27H29F3N8O2. The molecule has 4 aromatic rings. The number of hydrogen-bond donors (Lipinski definition) is 2. The Morgan fingerprint density at radius 3 is 2.62 bits per heavy atom. The van der Waals surface area contributed by atoms with Crippen molar-refractivity contribution in [1.82, 2.24) is 34.7 Å². The molecule has 0 spiro atoms. The number of amides is 1. The zero-order chi connectivity index (χ0) is 28.4. The van der Waals surface area contributed by atoms with Crippen LogP contribution in [0.2, 0.25) is 0 Å². The van der Waals surface area contributed by atoms with E-state index in [0.717, 1.165) is 27.9 Å². The molecule has 3 aromatic heterocycles. The molecule has 1 amide bonds. The molecule has 210 valence electrons. The van der Waals surface area contributed by atoms with Gasteiger partial charge in [0.25, 0.3) is 0 Å². The molecule has 1 aliphatic rings. The average Bonchev–Trinajstić information content (AvgIpc) is 3.33. The van der Waals surface area contributed by atoms with Crippen molar-refractivity contribution in [2.75, 3.05) is 38.6 Å². The highest BCUT2D eigenvalue weighted by Gasteiger charge is 2.35. The van der Waals surface area contributed by atoms with Gasteiger partial charge in [-0.2, -0.15) is 13.2 Å². The third-order valence-corrected chi connectivity index (χ3v) is 7.02. The number of imidazole rings is 1. The lowest BCUT2D eigenvalue weighted by Gasteiger charge is -2.38. The number of fused-ring (bicyclic) bond motifs is 1. The number of ether oxygens (including phenoxy) is 1. The second-order valence-corrected chi connectivity index (χ2v) is 9.64. The van der Waals surface area contributed by atoms with Gasteiger partial charge in [0.15, 0.2) is 5.75 Å². The van der Waals surface area contributed by atoms with Crippen LogP contribution >= 0.6 is 0 Å². The van der Waals surface area contributed by atoms with Crippen molar-refractivity contribution in [3.63, 3.8) is 0 Å². The summed E-state index contributed by atoms with van der Waals surface area (Å²) in [6, 6.07) is 9.57. The predicted octanol–water partition coefficient (Wildman–Crippen LogP) is 4.63. The van der Waals surface area contributed by atoms with E-state index in [4.69, 9.17) is 4.74 Å². The van der Waals surface area contributed by atoms with E-state index in [-0.39, 0.29) is 19.1 Å². The average molecular weight is 555 g/mol. The van der Waals surface area contributed by atoms with Gasteiger partial charge >= 0.3 is 6.18 Å². The Kier molecular flexibility index (Phi) is 7.57. The number of nitrogens with one attached hydrogen (secondary N) is 2. The first-order valence-electron chi connectivity index (χ1n) is 12.8. The molecule has 13 heteroatoms. The van der Waals surface area contributed by atoms with Crippen LogP contribution in [0.3, 0.4) is 0 Å². The molecule has 40 heavy (non-hydrogen) atoms. The van der Waals surface area contributed by atoms with E-state index in [1.807, 2.05) is 44.2 Å². The number of aryl methyl sites for hydroxylation is 1. The van der Waals surface area contributed by atoms with Crippen LogP contribution in [0.1, 0.15) is 30.6 Å². The van der Waals surface area contributed by atoms with Gasteiger partial charge in [0.1, 0.15) is 24.3 Å². The number of benzene rings is 1. The number of alkyl halides is 3. The monoisotopic (exact) mass is 554 g/mol. The summed E-state index contributed by atoms with van der Waals surface area (Å²) in [4.78, 5) is 36.2. The number of H-pyrrole nitrogens is 1. The molecule has 1 saturated heterocycles. The predicted molar refractivity (Wildman–Crippen MR) is 143 cm³/mol. The van der Waals surface area contributed by atoms with E-state index in [9.17, 15) is 18.0 Å². The zero-order valence-corrected chi connectivity index (χ0v) is 22.3. The molecule has 2 N–H and O–H groups in total. The maximum absolute atomic E-state index is 12.6. The highest BCUT2D eigenvalue weighted by molar-refractivity contribution is 5.84. The minimum absolute atomic E-state index is 0.0204. The number of piperazine rings is 1. The van der Waals surface area contributed by atoms with Crippen LogP contribution in [0.5, 0.6) is 5.75 Å². The molecule has 1 aliphatic heterocycles. The highest BCUT2D eigenvalue weighted by atomic mass is 19.4.